The maximum absolute atomic E-state index is 13.0. The fraction of sp³-hybridized carbons (Fsp3) is 0.333. The average molecular weight is 322 g/mol. The lowest BCUT2D eigenvalue weighted by molar-refractivity contribution is 0.305. The summed E-state index contributed by atoms with van der Waals surface area (Å²) in [4.78, 5) is 0. The van der Waals surface area contributed by atoms with Crippen LogP contribution in [0.1, 0.15) is 31.9 Å². The molecule has 0 fully saturated rings. The molecule has 0 saturated heterocycles. The molecule has 0 aliphatic rings. The van der Waals surface area contributed by atoms with Crippen molar-refractivity contribution in [3.8, 4) is 5.75 Å². The second-order valence-corrected chi connectivity index (χ2v) is 6.68. The molecule has 0 unspecified atom stereocenters. The molecule has 0 atom stereocenters. The first-order valence-electron chi connectivity index (χ1n) is 7.24. The van der Waals surface area contributed by atoms with E-state index in [2.05, 4.69) is 32.2 Å². The Morgan fingerprint density at radius 3 is 2.59 bits per heavy atom. The molecule has 0 aliphatic carbocycles. The molecule has 22 heavy (non-hydrogen) atoms. The van der Waals surface area contributed by atoms with Gasteiger partial charge in [0.05, 0.1) is 5.02 Å². The zero-order chi connectivity index (χ0) is 16.2. The number of halogens is 2. The van der Waals surface area contributed by atoms with Crippen LogP contribution in [0.5, 0.6) is 5.75 Å². The molecule has 2 nitrogen and oxygen atoms in total. The van der Waals surface area contributed by atoms with Crippen LogP contribution in [0.4, 0.5) is 4.39 Å². The Morgan fingerprint density at radius 1 is 1.14 bits per heavy atom. The standard InChI is InChI=1S/C18H21ClFNO/c1-18(2,3)21-11-13-5-4-6-16(9-13)22-12-14-7-8-15(20)10-17(14)19/h4-10,21H,11-12H2,1-3H3. The summed E-state index contributed by atoms with van der Waals surface area (Å²) >= 11 is 6.00. The van der Waals surface area contributed by atoms with Crippen LogP contribution in [0.2, 0.25) is 5.02 Å². The van der Waals surface area contributed by atoms with Gasteiger partial charge in [-0.1, -0.05) is 29.8 Å². The lowest BCUT2D eigenvalue weighted by Crippen LogP contribution is -2.35. The lowest BCUT2D eigenvalue weighted by Gasteiger charge is -2.20. The van der Waals surface area contributed by atoms with Crippen molar-refractivity contribution in [1.82, 2.24) is 5.32 Å². The predicted octanol–water partition coefficient (Wildman–Crippen LogP) is 4.95. The zero-order valence-corrected chi connectivity index (χ0v) is 13.9. The van der Waals surface area contributed by atoms with Crippen molar-refractivity contribution in [3.05, 3.63) is 64.4 Å². The summed E-state index contributed by atoms with van der Waals surface area (Å²) in [6.45, 7) is 7.48. The van der Waals surface area contributed by atoms with Crippen LogP contribution >= 0.6 is 11.6 Å². The number of hydrogen-bond acceptors (Lipinski definition) is 2. The minimum Gasteiger partial charge on any atom is -0.489 e. The second kappa shape index (κ2) is 7.12. The van der Waals surface area contributed by atoms with E-state index in [0.29, 0.717) is 11.6 Å². The normalized spacial score (nSPS) is 11.5. The van der Waals surface area contributed by atoms with E-state index >= 15 is 0 Å². The largest absolute Gasteiger partial charge is 0.489 e. The maximum Gasteiger partial charge on any atom is 0.124 e. The first kappa shape index (κ1) is 16.8. The van der Waals surface area contributed by atoms with Gasteiger partial charge in [0.15, 0.2) is 0 Å². The first-order valence-corrected chi connectivity index (χ1v) is 7.62. The molecule has 2 aromatic carbocycles. The summed E-state index contributed by atoms with van der Waals surface area (Å²) in [5.74, 6) is 0.428. The van der Waals surface area contributed by atoms with Crippen molar-refractivity contribution >= 4 is 11.6 Å². The topological polar surface area (TPSA) is 21.3 Å². The molecule has 2 aromatic rings. The van der Waals surface area contributed by atoms with Gasteiger partial charge in [-0.15, -0.1) is 0 Å². The molecule has 0 amide bonds. The molecule has 0 saturated carbocycles. The van der Waals surface area contributed by atoms with E-state index in [1.807, 2.05) is 18.2 Å². The van der Waals surface area contributed by atoms with Crippen LogP contribution in [0.15, 0.2) is 42.5 Å². The molecule has 0 bridgehead atoms. The van der Waals surface area contributed by atoms with E-state index < -0.39 is 0 Å². The van der Waals surface area contributed by atoms with Crippen molar-refractivity contribution in [2.24, 2.45) is 0 Å². The van der Waals surface area contributed by atoms with E-state index in [4.69, 9.17) is 16.3 Å². The molecule has 0 aromatic heterocycles. The summed E-state index contributed by atoms with van der Waals surface area (Å²) in [6, 6.07) is 12.2. The van der Waals surface area contributed by atoms with Crippen LogP contribution in [0.25, 0.3) is 0 Å². The van der Waals surface area contributed by atoms with E-state index in [9.17, 15) is 4.39 Å². The Balaban J connectivity index is 1.98. The van der Waals surface area contributed by atoms with Crippen LogP contribution in [-0.4, -0.2) is 5.54 Å². The number of hydrogen-bond donors (Lipinski definition) is 1. The highest BCUT2D eigenvalue weighted by Crippen LogP contribution is 2.21. The molecule has 0 aliphatic heterocycles. The lowest BCUT2D eigenvalue weighted by atomic mass is 10.1. The smallest absolute Gasteiger partial charge is 0.124 e. The van der Waals surface area contributed by atoms with Gasteiger partial charge < -0.3 is 10.1 Å². The quantitative estimate of drug-likeness (QED) is 0.841. The highest BCUT2D eigenvalue weighted by atomic mass is 35.5. The molecule has 4 heteroatoms. The minimum atomic E-state index is -0.344. The third kappa shape index (κ3) is 5.32. The van der Waals surface area contributed by atoms with E-state index in [0.717, 1.165) is 23.4 Å². The Bertz CT molecular complexity index is 637. The van der Waals surface area contributed by atoms with Gasteiger partial charge in [-0.2, -0.15) is 0 Å². The predicted molar refractivity (Wildman–Crippen MR) is 88.8 cm³/mol. The van der Waals surface area contributed by atoms with Gasteiger partial charge in [-0.3, -0.25) is 0 Å². The Morgan fingerprint density at radius 2 is 1.91 bits per heavy atom. The summed E-state index contributed by atoms with van der Waals surface area (Å²) in [7, 11) is 0. The molecule has 0 heterocycles. The molecule has 1 N–H and O–H groups in total. The monoisotopic (exact) mass is 321 g/mol. The average Bonchev–Trinajstić information content (AvgIpc) is 2.44. The van der Waals surface area contributed by atoms with Crippen LogP contribution in [0.3, 0.4) is 0 Å². The molecule has 0 radical (unpaired) electrons. The molecule has 2 rings (SSSR count). The van der Waals surface area contributed by atoms with Gasteiger partial charge in [-0.05, 0) is 50.6 Å². The van der Waals surface area contributed by atoms with Crippen molar-refractivity contribution in [1.29, 1.82) is 0 Å². The number of rotatable bonds is 5. The first-order chi connectivity index (χ1) is 10.3. The zero-order valence-electron chi connectivity index (χ0n) is 13.1. The van der Waals surface area contributed by atoms with Gasteiger partial charge >= 0.3 is 0 Å². The Labute approximate surface area is 136 Å². The van der Waals surface area contributed by atoms with Gasteiger partial charge in [0.1, 0.15) is 18.2 Å². The fourth-order valence-corrected chi connectivity index (χ4v) is 2.13. The van der Waals surface area contributed by atoms with Crippen molar-refractivity contribution in [2.75, 3.05) is 0 Å². The summed E-state index contributed by atoms with van der Waals surface area (Å²) in [5, 5.41) is 3.82. The number of ether oxygens (including phenoxy) is 1. The maximum atomic E-state index is 13.0. The molecule has 0 spiro atoms. The van der Waals surface area contributed by atoms with Gasteiger partial charge in [0.25, 0.3) is 0 Å². The van der Waals surface area contributed by atoms with Crippen LogP contribution in [0, 0.1) is 5.82 Å². The summed E-state index contributed by atoms with van der Waals surface area (Å²) < 4.78 is 18.8. The minimum absolute atomic E-state index is 0.0680. The SMILES string of the molecule is CC(C)(C)NCc1cccc(OCc2ccc(F)cc2Cl)c1. The number of benzene rings is 2. The Hall–Kier alpha value is -1.58. The second-order valence-electron chi connectivity index (χ2n) is 6.28. The highest BCUT2D eigenvalue weighted by molar-refractivity contribution is 6.31. The number of nitrogens with one attached hydrogen (secondary N) is 1. The highest BCUT2D eigenvalue weighted by Gasteiger charge is 2.09. The van der Waals surface area contributed by atoms with Crippen LogP contribution in [-0.2, 0) is 13.2 Å². The van der Waals surface area contributed by atoms with Gasteiger partial charge in [-0.25, -0.2) is 4.39 Å². The van der Waals surface area contributed by atoms with Crippen molar-refractivity contribution in [3.63, 3.8) is 0 Å². The third-order valence-corrected chi connectivity index (χ3v) is 3.48. The Kier molecular flexibility index (Phi) is 5.43. The van der Waals surface area contributed by atoms with E-state index in [1.54, 1.807) is 6.07 Å². The van der Waals surface area contributed by atoms with Gasteiger partial charge in [0.2, 0.25) is 0 Å². The molecular weight excluding hydrogens is 301 g/mol. The van der Waals surface area contributed by atoms with E-state index in [1.165, 1.54) is 12.1 Å². The third-order valence-electron chi connectivity index (χ3n) is 3.13. The van der Waals surface area contributed by atoms with Gasteiger partial charge in [0, 0.05) is 17.6 Å². The fourth-order valence-electron chi connectivity index (χ4n) is 1.91. The van der Waals surface area contributed by atoms with Crippen molar-refractivity contribution in [2.45, 2.75) is 39.5 Å². The molecule has 118 valence electrons. The van der Waals surface area contributed by atoms with Crippen LogP contribution < -0.4 is 10.1 Å². The van der Waals surface area contributed by atoms with E-state index in [-0.39, 0.29) is 11.4 Å². The summed E-state index contributed by atoms with van der Waals surface area (Å²) in [6.07, 6.45) is 0. The molecular formula is C18H21ClFNO. The van der Waals surface area contributed by atoms with Crippen molar-refractivity contribution < 1.29 is 9.13 Å². The summed E-state index contributed by atoms with van der Waals surface area (Å²) in [5.41, 5.74) is 1.98.